The Morgan fingerprint density at radius 2 is 2.11 bits per heavy atom. The van der Waals surface area contributed by atoms with E-state index in [-0.39, 0.29) is 5.91 Å². The van der Waals surface area contributed by atoms with Gasteiger partial charge in [0.15, 0.2) is 0 Å². The molecule has 2 aromatic rings. The van der Waals surface area contributed by atoms with E-state index in [2.05, 4.69) is 20.9 Å². The van der Waals surface area contributed by atoms with Gasteiger partial charge in [-0.2, -0.15) is 0 Å². The van der Waals surface area contributed by atoms with Crippen LogP contribution in [0, 0.1) is 6.92 Å². The minimum atomic E-state index is -0.0569. The Labute approximate surface area is 115 Å². The van der Waals surface area contributed by atoms with Crippen molar-refractivity contribution in [1.82, 2.24) is 4.98 Å². The van der Waals surface area contributed by atoms with Gasteiger partial charge >= 0.3 is 0 Å². The van der Waals surface area contributed by atoms with Crippen molar-refractivity contribution in [1.29, 1.82) is 0 Å². The van der Waals surface area contributed by atoms with Crippen LogP contribution in [0.3, 0.4) is 0 Å². The summed E-state index contributed by atoms with van der Waals surface area (Å²) < 4.78 is 0.800. The van der Waals surface area contributed by atoms with E-state index < -0.39 is 0 Å². The van der Waals surface area contributed by atoms with Gasteiger partial charge in [0.1, 0.15) is 0 Å². The molecule has 0 aliphatic rings. The van der Waals surface area contributed by atoms with Crippen molar-refractivity contribution in [3.8, 4) is 0 Å². The van der Waals surface area contributed by atoms with E-state index in [1.165, 1.54) is 0 Å². The number of nitrogens with zero attached hydrogens (tertiary/aromatic N) is 2. The molecule has 1 aromatic carbocycles. The lowest BCUT2D eigenvalue weighted by molar-refractivity contribution is 0.0992. The fourth-order valence-corrected chi connectivity index (χ4v) is 2.07. The Morgan fingerprint density at radius 1 is 1.33 bits per heavy atom. The number of halogens is 1. The zero-order chi connectivity index (χ0) is 13.1. The molecule has 18 heavy (non-hydrogen) atoms. The van der Waals surface area contributed by atoms with Gasteiger partial charge in [0, 0.05) is 17.7 Å². The number of aromatic nitrogens is 1. The van der Waals surface area contributed by atoms with Gasteiger partial charge in [-0.15, -0.1) is 0 Å². The molecule has 1 heterocycles. The normalized spacial score (nSPS) is 10.2. The van der Waals surface area contributed by atoms with Crippen LogP contribution in [0.1, 0.15) is 15.9 Å². The van der Waals surface area contributed by atoms with Crippen LogP contribution in [0.25, 0.3) is 0 Å². The minimum Gasteiger partial charge on any atom is -0.310 e. The Kier molecular flexibility index (Phi) is 3.77. The number of aryl methyl sites for hydroxylation is 1. The molecule has 92 valence electrons. The number of carbonyl (C=O) groups is 1. The molecule has 1 amide bonds. The first-order valence-electron chi connectivity index (χ1n) is 5.54. The third-order valence-corrected chi connectivity index (χ3v) is 3.38. The topological polar surface area (TPSA) is 33.2 Å². The summed E-state index contributed by atoms with van der Waals surface area (Å²) in [5.41, 5.74) is 2.48. The van der Waals surface area contributed by atoms with Crippen LogP contribution in [0.15, 0.2) is 47.2 Å². The lowest BCUT2D eigenvalue weighted by atomic mass is 10.1. The second-order valence-electron chi connectivity index (χ2n) is 4.06. The van der Waals surface area contributed by atoms with Gasteiger partial charge in [-0.3, -0.25) is 9.78 Å². The van der Waals surface area contributed by atoms with E-state index in [0.717, 1.165) is 15.7 Å². The van der Waals surface area contributed by atoms with Crippen LogP contribution in [0.2, 0.25) is 0 Å². The van der Waals surface area contributed by atoms with E-state index in [4.69, 9.17) is 0 Å². The summed E-state index contributed by atoms with van der Waals surface area (Å²) in [6.45, 7) is 1.97. The highest BCUT2D eigenvalue weighted by Gasteiger charge is 2.16. The van der Waals surface area contributed by atoms with Gasteiger partial charge in [-0.05, 0) is 47.1 Å². The number of pyridine rings is 1. The molecule has 0 saturated carbocycles. The molecule has 4 heteroatoms. The second kappa shape index (κ2) is 5.31. The molecule has 0 fully saturated rings. The van der Waals surface area contributed by atoms with Gasteiger partial charge in [-0.25, -0.2) is 0 Å². The first-order chi connectivity index (χ1) is 8.59. The summed E-state index contributed by atoms with van der Waals surface area (Å²) in [7, 11) is 1.74. The quantitative estimate of drug-likeness (QED) is 0.851. The molecule has 0 spiro atoms. The maximum absolute atomic E-state index is 12.4. The lowest BCUT2D eigenvalue weighted by Crippen LogP contribution is -2.26. The van der Waals surface area contributed by atoms with Crippen LogP contribution in [0.4, 0.5) is 5.69 Å². The molecule has 0 saturated heterocycles. The first-order valence-corrected chi connectivity index (χ1v) is 6.33. The zero-order valence-corrected chi connectivity index (χ0v) is 11.8. The van der Waals surface area contributed by atoms with Crippen LogP contribution in [0.5, 0.6) is 0 Å². The Morgan fingerprint density at radius 3 is 2.78 bits per heavy atom. The van der Waals surface area contributed by atoms with Gasteiger partial charge in [0.25, 0.3) is 5.91 Å². The van der Waals surface area contributed by atoms with E-state index in [0.29, 0.717) is 5.56 Å². The van der Waals surface area contributed by atoms with Crippen LogP contribution in [-0.2, 0) is 0 Å². The predicted molar refractivity (Wildman–Crippen MR) is 75.8 cm³/mol. The maximum atomic E-state index is 12.4. The van der Waals surface area contributed by atoms with Crippen molar-refractivity contribution in [3.63, 3.8) is 0 Å². The van der Waals surface area contributed by atoms with Crippen molar-refractivity contribution in [2.24, 2.45) is 0 Å². The van der Waals surface area contributed by atoms with E-state index in [1.54, 1.807) is 24.3 Å². The molecule has 0 radical (unpaired) electrons. The van der Waals surface area contributed by atoms with Gasteiger partial charge < -0.3 is 4.90 Å². The molecule has 0 atom stereocenters. The molecular weight excluding hydrogens is 292 g/mol. The van der Waals surface area contributed by atoms with E-state index >= 15 is 0 Å². The highest BCUT2D eigenvalue weighted by atomic mass is 79.9. The van der Waals surface area contributed by atoms with E-state index in [1.807, 2.05) is 37.3 Å². The summed E-state index contributed by atoms with van der Waals surface area (Å²) in [6, 6.07) is 9.39. The Balaban J connectivity index is 2.34. The first kappa shape index (κ1) is 12.8. The number of benzene rings is 1. The van der Waals surface area contributed by atoms with Crippen LogP contribution in [-0.4, -0.2) is 17.9 Å². The summed E-state index contributed by atoms with van der Waals surface area (Å²) in [6.07, 6.45) is 3.35. The SMILES string of the molecule is Cc1ccc(Br)c(C(=O)N(C)c2cccnc2)c1. The largest absolute Gasteiger partial charge is 0.310 e. The molecule has 3 nitrogen and oxygen atoms in total. The molecule has 0 unspecified atom stereocenters. The van der Waals surface area contributed by atoms with Crippen molar-refractivity contribution in [2.75, 3.05) is 11.9 Å². The van der Waals surface area contributed by atoms with Crippen molar-refractivity contribution in [2.45, 2.75) is 6.92 Å². The average Bonchev–Trinajstić information content (AvgIpc) is 2.41. The highest BCUT2D eigenvalue weighted by molar-refractivity contribution is 9.10. The zero-order valence-electron chi connectivity index (χ0n) is 10.2. The molecule has 0 N–H and O–H groups in total. The summed E-state index contributed by atoms with van der Waals surface area (Å²) in [5, 5.41) is 0. The molecule has 0 aliphatic heterocycles. The summed E-state index contributed by atoms with van der Waals surface area (Å²) >= 11 is 3.41. The van der Waals surface area contributed by atoms with Gasteiger partial charge in [-0.1, -0.05) is 11.6 Å². The molecule has 1 aromatic heterocycles. The van der Waals surface area contributed by atoms with Crippen LogP contribution < -0.4 is 4.90 Å². The number of amides is 1. The fourth-order valence-electron chi connectivity index (χ4n) is 1.65. The molecular formula is C14H13BrN2O. The summed E-state index contributed by atoms with van der Waals surface area (Å²) in [5.74, 6) is -0.0569. The monoisotopic (exact) mass is 304 g/mol. The number of anilines is 1. The number of hydrogen-bond acceptors (Lipinski definition) is 2. The Hall–Kier alpha value is -1.68. The fraction of sp³-hybridized carbons (Fsp3) is 0.143. The average molecular weight is 305 g/mol. The molecule has 0 aliphatic carbocycles. The van der Waals surface area contributed by atoms with Gasteiger partial charge in [0.05, 0.1) is 17.4 Å². The predicted octanol–water partition coefficient (Wildman–Crippen LogP) is 3.43. The maximum Gasteiger partial charge on any atom is 0.259 e. The standard InChI is InChI=1S/C14H13BrN2O/c1-10-5-6-13(15)12(8-10)14(18)17(2)11-4-3-7-16-9-11/h3-9H,1-2H3. The van der Waals surface area contributed by atoms with Crippen molar-refractivity contribution < 1.29 is 4.79 Å². The molecule has 2 rings (SSSR count). The molecule has 0 bridgehead atoms. The number of hydrogen-bond donors (Lipinski definition) is 0. The van der Waals surface area contributed by atoms with Gasteiger partial charge in [0.2, 0.25) is 0 Å². The minimum absolute atomic E-state index is 0.0569. The lowest BCUT2D eigenvalue weighted by Gasteiger charge is -2.17. The Bertz CT molecular complexity index is 569. The third-order valence-electron chi connectivity index (χ3n) is 2.69. The number of rotatable bonds is 2. The summed E-state index contributed by atoms with van der Waals surface area (Å²) in [4.78, 5) is 18.0. The smallest absolute Gasteiger partial charge is 0.259 e. The highest BCUT2D eigenvalue weighted by Crippen LogP contribution is 2.21. The number of carbonyl (C=O) groups excluding carboxylic acids is 1. The second-order valence-corrected chi connectivity index (χ2v) is 4.91. The van der Waals surface area contributed by atoms with Crippen molar-refractivity contribution >= 4 is 27.5 Å². The van der Waals surface area contributed by atoms with Crippen LogP contribution >= 0.6 is 15.9 Å². The third kappa shape index (κ3) is 2.59. The van der Waals surface area contributed by atoms with E-state index in [9.17, 15) is 4.79 Å². The van der Waals surface area contributed by atoms with Crippen molar-refractivity contribution in [3.05, 3.63) is 58.3 Å².